The Hall–Kier alpha value is -3.50. The van der Waals surface area contributed by atoms with Crippen LogP contribution >= 0.6 is 0 Å². The Morgan fingerprint density at radius 2 is 1.72 bits per heavy atom. The summed E-state index contributed by atoms with van der Waals surface area (Å²) in [5.74, 6) is 1.14. The van der Waals surface area contributed by atoms with Gasteiger partial charge in [0.1, 0.15) is 10.6 Å². The summed E-state index contributed by atoms with van der Waals surface area (Å²) < 4.78 is 31.9. The number of nitrogens with one attached hydrogen (secondary N) is 2. The fourth-order valence-corrected chi connectivity index (χ4v) is 6.38. The second kappa shape index (κ2) is 9.87. The highest BCUT2D eigenvalue weighted by atomic mass is 32.2. The first-order chi connectivity index (χ1) is 17.4. The molecule has 2 heterocycles. The molecule has 0 radical (unpaired) electrons. The third kappa shape index (κ3) is 4.66. The van der Waals surface area contributed by atoms with Crippen molar-refractivity contribution in [1.82, 2.24) is 15.3 Å². The lowest BCUT2D eigenvalue weighted by molar-refractivity contribution is 0.122. The van der Waals surface area contributed by atoms with E-state index in [1.165, 1.54) is 0 Å². The Bertz CT molecular complexity index is 1340. The van der Waals surface area contributed by atoms with Gasteiger partial charge >= 0.3 is 6.03 Å². The van der Waals surface area contributed by atoms with Crippen LogP contribution in [0.25, 0.3) is 11.4 Å². The molecular weight excluding hydrogens is 478 g/mol. The normalized spacial score (nSPS) is 16.9. The van der Waals surface area contributed by atoms with Crippen LogP contribution in [0.4, 0.5) is 16.3 Å². The smallest absolute Gasteiger partial charge is 0.319 e. The number of urea groups is 1. The van der Waals surface area contributed by atoms with Gasteiger partial charge in [-0.3, -0.25) is 0 Å². The number of hydrogen-bond acceptors (Lipinski definition) is 7. The first-order valence-electron chi connectivity index (χ1n) is 12.1. The number of nitrogens with zero attached hydrogens (tertiary/aromatic N) is 3. The SMILES string of the molecule is CCNC(=O)Nc1ccc(-c2nc(N3CCOCC3)cc(C3(S(=O)(=O)c4ccccc4)CC3)n2)cc1. The molecule has 5 rings (SSSR count). The first kappa shape index (κ1) is 24.2. The zero-order valence-electron chi connectivity index (χ0n) is 20.1. The van der Waals surface area contributed by atoms with Crippen LogP contribution in [0.1, 0.15) is 25.5 Å². The van der Waals surface area contributed by atoms with Gasteiger partial charge in [0, 0.05) is 37.0 Å². The molecule has 2 N–H and O–H groups in total. The third-order valence-electron chi connectivity index (χ3n) is 6.52. The van der Waals surface area contributed by atoms with Crippen LogP contribution in [-0.2, 0) is 19.3 Å². The van der Waals surface area contributed by atoms with E-state index in [9.17, 15) is 13.2 Å². The minimum atomic E-state index is -3.64. The van der Waals surface area contributed by atoms with Crippen molar-refractivity contribution in [2.24, 2.45) is 0 Å². The molecule has 9 nitrogen and oxygen atoms in total. The highest BCUT2D eigenvalue weighted by Gasteiger charge is 2.58. The number of morpholine rings is 1. The zero-order chi connectivity index (χ0) is 25.2. The average molecular weight is 508 g/mol. The molecule has 2 aliphatic rings. The van der Waals surface area contributed by atoms with Gasteiger partial charge in [-0.2, -0.15) is 0 Å². The maximum Gasteiger partial charge on any atom is 0.319 e. The van der Waals surface area contributed by atoms with Crippen molar-refractivity contribution < 1.29 is 17.9 Å². The predicted molar refractivity (Wildman–Crippen MR) is 138 cm³/mol. The van der Waals surface area contributed by atoms with E-state index in [1.807, 2.05) is 31.2 Å². The summed E-state index contributed by atoms with van der Waals surface area (Å²) in [6.07, 6.45) is 1.03. The topological polar surface area (TPSA) is 114 Å². The van der Waals surface area contributed by atoms with Gasteiger partial charge in [0.15, 0.2) is 15.7 Å². The predicted octanol–water partition coefficient (Wildman–Crippen LogP) is 3.58. The summed E-state index contributed by atoms with van der Waals surface area (Å²) in [5, 5.41) is 5.47. The molecule has 0 spiro atoms. The molecule has 2 amide bonds. The van der Waals surface area contributed by atoms with E-state index >= 15 is 0 Å². The van der Waals surface area contributed by atoms with Crippen LogP contribution in [0, 0.1) is 0 Å². The highest BCUT2D eigenvalue weighted by molar-refractivity contribution is 7.92. The van der Waals surface area contributed by atoms with Crippen molar-refractivity contribution in [1.29, 1.82) is 0 Å². The maximum atomic E-state index is 13.7. The lowest BCUT2D eigenvalue weighted by Crippen LogP contribution is -2.37. The third-order valence-corrected chi connectivity index (χ3v) is 9.06. The van der Waals surface area contributed by atoms with E-state index in [4.69, 9.17) is 14.7 Å². The molecule has 0 unspecified atom stereocenters. The number of carbonyl (C=O) groups excluding carboxylic acids is 1. The van der Waals surface area contributed by atoms with Crippen LogP contribution in [0.15, 0.2) is 65.6 Å². The fourth-order valence-electron chi connectivity index (χ4n) is 4.39. The number of ether oxygens (including phenoxy) is 1. The van der Waals surface area contributed by atoms with Crippen LogP contribution in [-0.4, -0.2) is 57.3 Å². The van der Waals surface area contributed by atoms with E-state index in [1.54, 1.807) is 36.4 Å². The van der Waals surface area contributed by atoms with Gasteiger partial charge in [-0.1, -0.05) is 18.2 Å². The van der Waals surface area contributed by atoms with Gasteiger partial charge < -0.3 is 20.3 Å². The molecule has 1 saturated heterocycles. The summed E-state index contributed by atoms with van der Waals surface area (Å²) in [6.45, 7) is 4.89. The van der Waals surface area contributed by atoms with Gasteiger partial charge in [-0.15, -0.1) is 0 Å². The van der Waals surface area contributed by atoms with E-state index in [0.29, 0.717) is 73.6 Å². The summed E-state index contributed by atoms with van der Waals surface area (Å²) in [5.41, 5.74) is 1.89. The minimum absolute atomic E-state index is 0.278. The molecule has 1 saturated carbocycles. The molecular formula is C26H29N5O4S. The van der Waals surface area contributed by atoms with Crippen molar-refractivity contribution in [2.75, 3.05) is 43.1 Å². The lowest BCUT2D eigenvalue weighted by Gasteiger charge is -2.29. The first-order valence-corrected chi connectivity index (χ1v) is 13.6. The average Bonchev–Trinajstić information content (AvgIpc) is 3.73. The molecule has 0 atom stereocenters. The number of carbonyl (C=O) groups is 1. The molecule has 2 fully saturated rings. The van der Waals surface area contributed by atoms with Crippen molar-refractivity contribution in [3.63, 3.8) is 0 Å². The molecule has 188 valence electrons. The highest BCUT2D eigenvalue weighted by Crippen LogP contribution is 2.55. The van der Waals surface area contributed by atoms with Gasteiger partial charge in [0.25, 0.3) is 0 Å². The van der Waals surface area contributed by atoms with E-state index in [0.717, 1.165) is 5.56 Å². The summed E-state index contributed by atoms with van der Waals surface area (Å²) in [6, 6.07) is 17.3. The van der Waals surface area contributed by atoms with Crippen molar-refractivity contribution in [3.8, 4) is 11.4 Å². The van der Waals surface area contributed by atoms with Crippen molar-refractivity contribution in [3.05, 3.63) is 66.4 Å². The van der Waals surface area contributed by atoms with Crippen LogP contribution in [0.2, 0.25) is 0 Å². The number of aromatic nitrogens is 2. The molecule has 1 aliphatic heterocycles. The van der Waals surface area contributed by atoms with E-state index < -0.39 is 14.6 Å². The second-order valence-electron chi connectivity index (χ2n) is 8.91. The second-order valence-corrected chi connectivity index (χ2v) is 11.2. The van der Waals surface area contributed by atoms with Crippen LogP contribution in [0.3, 0.4) is 0 Å². The van der Waals surface area contributed by atoms with Gasteiger partial charge in [-0.05, 0) is 56.2 Å². The molecule has 1 aliphatic carbocycles. The monoisotopic (exact) mass is 507 g/mol. The Labute approximate surface area is 210 Å². The quantitative estimate of drug-likeness (QED) is 0.502. The number of anilines is 2. The van der Waals surface area contributed by atoms with Gasteiger partial charge in [-0.25, -0.2) is 23.2 Å². The Balaban J connectivity index is 1.54. The standard InChI is InChI=1S/C26H29N5O4S/c1-2-27-25(32)28-20-10-8-19(9-11-20)24-29-22(18-23(30-24)31-14-16-35-17-15-31)26(12-13-26)36(33,34)21-6-4-3-5-7-21/h3-11,18H,2,12-17H2,1H3,(H2,27,28,32). The molecule has 1 aromatic heterocycles. The number of sulfone groups is 1. The minimum Gasteiger partial charge on any atom is -0.378 e. The fraction of sp³-hybridized carbons (Fsp3) is 0.346. The lowest BCUT2D eigenvalue weighted by atomic mass is 10.1. The summed E-state index contributed by atoms with van der Waals surface area (Å²) in [4.78, 5) is 23.9. The molecule has 10 heteroatoms. The van der Waals surface area contributed by atoms with Crippen molar-refractivity contribution >= 4 is 27.4 Å². The molecule has 36 heavy (non-hydrogen) atoms. The van der Waals surface area contributed by atoms with E-state index in [-0.39, 0.29) is 6.03 Å². The largest absolute Gasteiger partial charge is 0.378 e. The maximum absolute atomic E-state index is 13.7. The van der Waals surface area contributed by atoms with Gasteiger partial charge in [0.05, 0.1) is 23.8 Å². The van der Waals surface area contributed by atoms with Crippen LogP contribution in [0.5, 0.6) is 0 Å². The Kier molecular flexibility index (Phi) is 6.63. The summed E-state index contributed by atoms with van der Waals surface area (Å²) >= 11 is 0. The molecule has 0 bridgehead atoms. The summed E-state index contributed by atoms with van der Waals surface area (Å²) in [7, 11) is -3.64. The molecule has 2 aromatic carbocycles. The van der Waals surface area contributed by atoms with Crippen LogP contribution < -0.4 is 15.5 Å². The molecule has 3 aromatic rings. The Morgan fingerprint density at radius 3 is 2.36 bits per heavy atom. The number of rotatable bonds is 7. The van der Waals surface area contributed by atoms with Gasteiger partial charge in [0.2, 0.25) is 0 Å². The number of benzene rings is 2. The van der Waals surface area contributed by atoms with E-state index in [2.05, 4.69) is 15.5 Å². The van der Waals surface area contributed by atoms with Crippen molar-refractivity contribution in [2.45, 2.75) is 29.4 Å². The number of amides is 2. The number of hydrogen-bond donors (Lipinski definition) is 2. The zero-order valence-corrected chi connectivity index (χ0v) is 20.9. The Morgan fingerprint density at radius 1 is 1.03 bits per heavy atom.